The monoisotopic (exact) mass is 467 g/mol. The number of carbonyl (C=O) groups excluding carboxylic acids is 1. The van der Waals surface area contributed by atoms with E-state index in [1.165, 1.54) is 5.57 Å². The van der Waals surface area contributed by atoms with Gasteiger partial charge in [-0.25, -0.2) is 15.4 Å². The van der Waals surface area contributed by atoms with Gasteiger partial charge in [0.2, 0.25) is 0 Å². The number of hydroxylamine groups is 1. The van der Waals surface area contributed by atoms with Crippen LogP contribution in [0.5, 0.6) is 0 Å². The summed E-state index contributed by atoms with van der Waals surface area (Å²) in [5, 5.41) is 8.79. The Hall–Kier alpha value is -4.14. The zero-order valence-corrected chi connectivity index (χ0v) is 19.3. The van der Waals surface area contributed by atoms with Crippen LogP contribution in [0, 0.1) is 6.92 Å². The van der Waals surface area contributed by atoms with Crippen LogP contribution in [0.2, 0.25) is 0 Å². The van der Waals surface area contributed by atoms with E-state index in [-0.39, 0.29) is 19.1 Å². The minimum atomic E-state index is -0.355. The number of allylic oxidation sites excluding steroid dienone is 2. The molecule has 1 aliphatic carbocycles. The highest BCUT2D eigenvalue weighted by Gasteiger charge is 2.13. The standard InChI is InChI=1S/C27H25N5O3/c1-18-14-21(7-8-22(18)27(34)31-35-13-12-33)24-9-10-25-26(30-24)32(17-29-25)16-19-4-2-6-23-20(15-19)5-3-11-28-23/h2-3,5-11,14-15,17,33H,4,12-13,16H2,1H3,(H,31,34). The number of hydrogen-bond acceptors (Lipinski definition) is 6. The van der Waals surface area contributed by atoms with Gasteiger partial charge in [0.15, 0.2) is 5.65 Å². The SMILES string of the molecule is Cc1cc(-c2ccc3ncn(CC4=Cc5cccnc5C=CC4)c3n2)ccc1C(=O)NOCCO. The van der Waals surface area contributed by atoms with Gasteiger partial charge < -0.3 is 9.67 Å². The summed E-state index contributed by atoms with van der Waals surface area (Å²) in [4.78, 5) is 31.1. The number of fused-ring (bicyclic) bond motifs is 2. The summed E-state index contributed by atoms with van der Waals surface area (Å²) in [7, 11) is 0. The summed E-state index contributed by atoms with van der Waals surface area (Å²) >= 11 is 0. The molecule has 0 spiro atoms. The molecule has 0 saturated carbocycles. The Balaban J connectivity index is 1.41. The van der Waals surface area contributed by atoms with E-state index in [0.29, 0.717) is 12.1 Å². The first-order valence-corrected chi connectivity index (χ1v) is 11.4. The number of nitrogens with one attached hydrogen (secondary N) is 1. The van der Waals surface area contributed by atoms with Crippen LogP contribution in [0.3, 0.4) is 0 Å². The summed E-state index contributed by atoms with van der Waals surface area (Å²) in [6, 6.07) is 13.5. The molecule has 1 amide bonds. The third-order valence-electron chi connectivity index (χ3n) is 5.85. The van der Waals surface area contributed by atoms with Gasteiger partial charge in [-0.15, -0.1) is 0 Å². The fraction of sp³-hybridized carbons (Fsp3) is 0.185. The molecule has 3 aromatic heterocycles. The van der Waals surface area contributed by atoms with Gasteiger partial charge in [0, 0.05) is 29.4 Å². The fourth-order valence-electron chi connectivity index (χ4n) is 4.13. The van der Waals surface area contributed by atoms with Gasteiger partial charge in [0.25, 0.3) is 5.91 Å². The second kappa shape index (κ2) is 10.0. The van der Waals surface area contributed by atoms with Gasteiger partial charge in [-0.2, -0.15) is 0 Å². The third kappa shape index (κ3) is 4.89. The maximum Gasteiger partial charge on any atom is 0.275 e. The van der Waals surface area contributed by atoms with Crippen LogP contribution in [0.1, 0.15) is 33.6 Å². The predicted octanol–water partition coefficient (Wildman–Crippen LogP) is 3.96. The summed E-state index contributed by atoms with van der Waals surface area (Å²) < 4.78 is 2.06. The minimum Gasteiger partial charge on any atom is -0.394 e. The average molecular weight is 468 g/mol. The Morgan fingerprint density at radius 1 is 1.20 bits per heavy atom. The Kier molecular flexibility index (Phi) is 6.47. The van der Waals surface area contributed by atoms with Gasteiger partial charge in [-0.3, -0.25) is 14.6 Å². The van der Waals surface area contributed by atoms with Crippen molar-refractivity contribution in [1.29, 1.82) is 0 Å². The second-order valence-corrected chi connectivity index (χ2v) is 8.33. The van der Waals surface area contributed by atoms with Gasteiger partial charge in [0.1, 0.15) is 5.52 Å². The van der Waals surface area contributed by atoms with E-state index >= 15 is 0 Å². The molecule has 0 unspecified atom stereocenters. The van der Waals surface area contributed by atoms with Crippen molar-refractivity contribution >= 4 is 29.2 Å². The molecule has 0 fully saturated rings. The molecule has 35 heavy (non-hydrogen) atoms. The van der Waals surface area contributed by atoms with Crippen LogP contribution < -0.4 is 5.48 Å². The molecule has 176 valence electrons. The number of aliphatic hydroxyl groups excluding tert-OH is 1. The molecule has 1 aromatic carbocycles. The summed E-state index contributed by atoms with van der Waals surface area (Å²) in [6.07, 6.45) is 10.9. The van der Waals surface area contributed by atoms with Crippen molar-refractivity contribution in [2.24, 2.45) is 0 Å². The van der Waals surface area contributed by atoms with Crippen LogP contribution in [0.15, 0.2) is 66.6 Å². The van der Waals surface area contributed by atoms with E-state index in [1.54, 1.807) is 6.07 Å². The highest BCUT2D eigenvalue weighted by Crippen LogP contribution is 2.25. The van der Waals surface area contributed by atoms with Crippen molar-refractivity contribution < 1.29 is 14.7 Å². The highest BCUT2D eigenvalue weighted by atomic mass is 16.7. The zero-order chi connectivity index (χ0) is 24.2. The molecule has 1 aliphatic rings. The van der Waals surface area contributed by atoms with Crippen molar-refractivity contribution in [3.63, 3.8) is 0 Å². The molecular weight excluding hydrogens is 442 g/mol. The fourth-order valence-corrected chi connectivity index (χ4v) is 4.13. The number of benzene rings is 1. The maximum absolute atomic E-state index is 12.3. The summed E-state index contributed by atoms with van der Waals surface area (Å²) in [6.45, 7) is 2.42. The number of imidazole rings is 1. The Labute approximate surface area is 202 Å². The lowest BCUT2D eigenvalue weighted by Crippen LogP contribution is -2.25. The van der Waals surface area contributed by atoms with Crippen molar-refractivity contribution in [1.82, 2.24) is 25.0 Å². The molecular formula is C27H25N5O3. The zero-order valence-electron chi connectivity index (χ0n) is 19.3. The molecule has 0 radical (unpaired) electrons. The van der Waals surface area contributed by atoms with E-state index < -0.39 is 0 Å². The number of aryl methyl sites for hydroxylation is 1. The van der Waals surface area contributed by atoms with E-state index in [9.17, 15) is 4.79 Å². The Morgan fingerprint density at radius 2 is 2.11 bits per heavy atom. The molecule has 4 aromatic rings. The normalized spacial score (nSPS) is 12.8. The van der Waals surface area contributed by atoms with E-state index in [4.69, 9.17) is 14.9 Å². The lowest BCUT2D eigenvalue weighted by molar-refractivity contribution is 0.0168. The molecule has 5 rings (SSSR count). The smallest absolute Gasteiger partial charge is 0.275 e. The highest BCUT2D eigenvalue weighted by molar-refractivity contribution is 5.95. The van der Waals surface area contributed by atoms with Crippen LogP contribution in [-0.4, -0.2) is 43.7 Å². The molecule has 2 N–H and O–H groups in total. The molecule has 0 aliphatic heterocycles. The largest absolute Gasteiger partial charge is 0.394 e. The van der Waals surface area contributed by atoms with Crippen molar-refractivity contribution in [2.45, 2.75) is 19.9 Å². The molecule has 8 nitrogen and oxygen atoms in total. The first-order chi connectivity index (χ1) is 17.1. The van der Waals surface area contributed by atoms with E-state index in [1.807, 2.05) is 49.8 Å². The van der Waals surface area contributed by atoms with Gasteiger partial charge >= 0.3 is 0 Å². The number of rotatable bonds is 7. The number of hydrogen-bond donors (Lipinski definition) is 2. The lowest BCUT2D eigenvalue weighted by Gasteiger charge is -2.10. The Bertz CT molecular complexity index is 1450. The second-order valence-electron chi connectivity index (χ2n) is 8.33. The first-order valence-electron chi connectivity index (χ1n) is 11.4. The summed E-state index contributed by atoms with van der Waals surface area (Å²) in [5.74, 6) is -0.355. The number of aromatic nitrogens is 4. The number of aliphatic hydroxyl groups is 1. The van der Waals surface area contributed by atoms with Gasteiger partial charge in [0.05, 0.1) is 30.9 Å². The predicted molar refractivity (Wildman–Crippen MR) is 134 cm³/mol. The number of carbonyl (C=O) groups is 1. The van der Waals surface area contributed by atoms with Gasteiger partial charge in [-0.05, 0) is 60.9 Å². The third-order valence-corrected chi connectivity index (χ3v) is 5.85. The molecule has 8 heteroatoms. The molecule has 0 saturated heterocycles. The quantitative estimate of drug-likeness (QED) is 0.315. The van der Waals surface area contributed by atoms with Crippen molar-refractivity contribution in [3.05, 3.63) is 89.0 Å². The topological polar surface area (TPSA) is 102 Å². The van der Waals surface area contributed by atoms with Gasteiger partial charge in [-0.1, -0.05) is 24.3 Å². The molecule has 3 heterocycles. The van der Waals surface area contributed by atoms with Crippen LogP contribution in [0.25, 0.3) is 34.6 Å². The van der Waals surface area contributed by atoms with Crippen LogP contribution in [-0.2, 0) is 11.4 Å². The van der Waals surface area contributed by atoms with Crippen LogP contribution >= 0.6 is 0 Å². The maximum atomic E-state index is 12.3. The number of pyridine rings is 2. The van der Waals surface area contributed by atoms with Crippen molar-refractivity contribution in [3.8, 4) is 11.3 Å². The first kappa shape index (κ1) is 22.6. The minimum absolute atomic E-state index is 0.0388. The van der Waals surface area contributed by atoms with Crippen LogP contribution in [0.4, 0.5) is 0 Å². The van der Waals surface area contributed by atoms with Crippen molar-refractivity contribution in [2.75, 3.05) is 13.2 Å². The Morgan fingerprint density at radius 3 is 2.97 bits per heavy atom. The van der Waals surface area contributed by atoms with E-state index in [0.717, 1.165) is 45.7 Å². The summed E-state index contributed by atoms with van der Waals surface area (Å²) in [5.41, 5.74) is 10.3. The number of amides is 1. The van der Waals surface area contributed by atoms with E-state index in [2.05, 4.69) is 44.3 Å². The number of nitrogens with zero attached hydrogens (tertiary/aromatic N) is 4. The lowest BCUT2D eigenvalue weighted by atomic mass is 10.0. The molecule has 0 bridgehead atoms. The average Bonchev–Trinajstić information content (AvgIpc) is 3.14. The molecule has 0 atom stereocenters.